The third kappa shape index (κ3) is 7.30. The number of carboxylic acid groups (broad SMARTS) is 1. The average Bonchev–Trinajstić information content (AvgIpc) is 2.47. The maximum atomic E-state index is 8.89. The van der Waals surface area contributed by atoms with Gasteiger partial charge in [0, 0.05) is 13.1 Å². The summed E-state index contributed by atoms with van der Waals surface area (Å²) in [5.74, 6) is -1.08. The molecule has 0 atom stereocenters. The first-order chi connectivity index (χ1) is 6.56. The fourth-order valence-corrected chi connectivity index (χ4v) is 0.831. The molecule has 0 saturated heterocycles. The van der Waals surface area contributed by atoms with Crippen molar-refractivity contribution in [3.8, 4) is 0 Å². The zero-order chi connectivity index (χ0) is 11.0. The molecule has 0 aromatic carbocycles. The minimum atomic E-state index is -1.08. The summed E-state index contributed by atoms with van der Waals surface area (Å²) in [6.07, 6.45) is 6.06. The van der Waals surface area contributed by atoms with E-state index in [0.29, 0.717) is 0 Å². The van der Waals surface area contributed by atoms with Crippen LogP contribution in [0.2, 0.25) is 0 Å². The predicted octanol–water partition coefficient (Wildman–Crippen LogP) is -1.28. The Bertz CT molecular complexity index is 267. The Morgan fingerprint density at radius 3 is 2.57 bits per heavy atom. The van der Waals surface area contributed by atoms with Gasteiger partial charge in [0.05, 0.1) is 13.7 Å². The highest BCUT2D eigenvalue weighted by atomic mass is 16.5. The molecule has 0 N–H and O–H groups in total. The number of hydrogen-bond donors (Lipinski definition) is 0. The smallest absolute Gasteiger partial charge is 0.243 e. The number of ether oxygens (including phenoxy) is 1. The Hall–Kier alpha value is -1.36. The van der Waals surface area contributed by atoms with E-state index in [0.717, 1.165) is 20.1 Å². The maximum Gasteiger partial charge on any atom is 0.243 e. The second kappa shape index (κ2) is 7.08. The molecule has 0 bridgehead atoms. The third-order valence-corrected chi connectivity index (χ3v) is 1.38. The summed E-state index contributed by atoms with van der Waals surface area (Å²) < 4.78 is 9.02. The molecular weight excluding hydrogens is 184 g/mol. The van der Waals surface area contributed by atoms with E-state index in [4.69, 9.17) is 14.6 Å². The molecule has 0 amide bonds. The molecule has 0 aliphatic carbocycles. The van der Waals surface area contributed by atoms with Crippen LogP contribution < -0.4 is 9.67 Å². The highest BCUT2D eigenvalue weighted by molar-refractivity contribution is 5.60. The summed E-state index contributed by atoms with van der Waals surface area (Å²) in [5.41, 5.74) is 0. The summed E-state index contributed by atoms with van der Waals surface area (Å²) in [7, 11) is 3.72. The van der Waals surface area contributed by atoms with Gasteiger partial charge in [-0.05, 0) is 6.92 Å². The highest BCUT2D eigenvalue weighted by Crippen LogP contribution is 1.82. The fraction of sp³-hybridized carbons (Fsp3) is 0.556. The normalized spacial score (nSPS) is 9.07. The van der Waals surface area contributed by atoms with Gasteiger partial charge in [-0.3, -0.25) is 0 Å². The number of carboxylic acids is 1. The molecule has 5 heteroatoms. The topological polar surface area (TPSA) is 58.2 Å². The Kier molecular flexibility index (Phi) is 6.39. The largest absolute Gasteiger partial charge is 0.550 e. The summed E-state index contributed by atoms with van der Waals surface area (Å²) in [6.45, 7) is 2.67. The maximum absolute atomic E-state index is 8.89. The Morgan fingerprint density at radius 2 is 2.21 bits per heavy atom. The van der Waals surface area contributed by atoms with E-state index in [1.165, 1.54) is 0 Å². The van der Waals surface area contributed by atoms with Crippen LogP contribution in [0.3, 0.4) is 0 Å². The van der Waals surface area contributed by atoms with Crippen LogP contribution in [0.4, 0.5) is 0 Å². The summed E-state index contributed by atoms with van der Waals surface area (Å²) in [5, 5.41) is 8.89. The molecule has 5 nitrogen and oxygen atoms in total. The Labute approximate surface area is 83.5 Å². The second-order valence-electron chi connectivity index (χ2n) is 2.80. The highest BCUT2D eigenvalue weighted by Gasteiger charge is 1.96. The number of imidazole rings is 1. The minimum absolute atomic E-state index is 0.772. The van der Waals surface area contributed by atoms with Crippen molar-refractivity contribution in [2.45, 2.75) is 13.5 Å². The number of hydrogen-bond acceptors (Lipinski definition) is 3. The van der Waals surface area contributed by atoms with Gasteiger partial charge in [0.1, 0.15) is 18.9 Å². The number of rotatable bonds is 3. The summed E-state index contributed by atoms with van der Waals surface area (Å²) in [4.78, 5) is 8.89. The molecule has 0 aliphatic heterocycles. The molecule has 0 aliphatic rings. The monoisotopic (exact) mass is 200 g/mol. The van der Waals surface area contributed by atoms with E-state index in [1.54, 1.807) is 7.11 Å². The molecule has 0 spiro atoms. The summed E-state index contributed by atoms with van der Waals surface area (Å²) in [6, 6.07) is 0. The zero-order valence-corrected chi connectivity index (χ0v) is 8.77. The lowest BCUT2D eigenvalue weighted by Gasteiger charge is -1.92. The third-order valence-electron chi connectivity index (χ3n) is 1.38. The second-order valence-corrected chi connectivity index (χ2v) is 2.80. The van der Waals surface area contributed by atoms with Crippen LogP contribution in [0.5, 0.6) is 0 Å². The van der Waals surface area contributed by atoms with Gasteiger partial charge >= 0.3 is 0 Å². The fourth-order valence-electron chi connectivity index (χ4n) is 0.831. The number of carbonyl (C=O) groups is 1. The van der Waals surface area contributed by atoms with Gasteiger partial charge < -0.3 is 14.6 Å². The van der Waals surface area contributed by atoms with Crippen molar-refractivity contribution in [2.75, 3.05) is 13.7 Å². The van der Waals surface area contributed by atoms with Crippen molar-refractivity contribution in [1.29, 1.82) is 0 Å². The van der Waals surface area contributed by atoms with E-state index in [-0.39, 0.29) is 0 Å². The van der Waals surface area contributed by atoms with Crippen molar-refractivity contribution in [2.24, 2.45) is 7.05 Å². The lowest BCUT2D eigenvalue weighted by atomic mass is 10.7. The standard InChI is InChI=1S/C7H13N2O.C2H4O2/c1-8-3-4-9(7-8)5-6-10-2;1-2(3)4/h3-4,7H,5-6H2,1-2H3;1H3,(H,3,4)/q+1;/p-1. The van der Waals surface area contributed by atoms with Crippen LogP contribution in [0.25, 0.3) is 0 Å². The van der Waals surface area contributed by atoms with Crippen LogP contribution in [-0.2, 0) is 23.1 Å². The first kappa shape index (κ1) is 12.6. The first-order valence-corrected chi connectivity index (χ1v) is 4.23. The predicted molar refractivity (Wildman–Crippen MR) is 48.2 cm³/mol. The molecule has 0 fully saturated rings. The number of methoxy groups -OCH3 is 1. The molecule has 0 unspecified atom stereocenters. The number of nitrogens with zero attached hydrogens (tertiary/aromatic N) is 2. The van der Waals surface area contributed by atoms with Crippen molar-refractivity contribution < 1.29 is 19.2 Å². The number of aromatic nitrogens is 2. The molecule has 80 valence electrons. The summed E-state index contributed by atoms with van der Waals surface area (Å²) >= 11 is 0. The molecule has 1 heterocycles. The lowest BCUT2D eigenvalue weighted by Crippen LogP contribution is -2.24. The molecule has 0 radical (unpaired) electrons. The Morgan fingerprint density at radius 1 is 1.64 bits per heavy atom. The quantitative estimate of drug-likeness (QED) is 0.571. The molecule has 1 rings (SSSR count). The molecule has 1 aromatic rings. The van der Waals surface area contributed by atoms with Gasteiger partial charge in [-0.1, -0.05) is 0 Å². The molecular formula is C9H16N2O3. The molecule has 14 heavy (non-hydrogen) atoms. The Balaban J connectivity index is 0.000000364. The van der Waals surface area contributed by atoms with E-state index in [2.05, 4.69) is 4.57 Å². The van der Waals surface area contributed by atoms with E-state index in [9.17, 15) is 0 Å². The van der Waals surface area contributed by atoms with Crippen molar-refractivity contribution in [3.63, 3.8) is 0 Å². The minimum Gasteiger partial charge on any atom is -0.550 e. The van der Waals surface area contributed by atoms with Crippen molar-refractivity contribution in [1.82, 2.24) is 4.57 Å². The first-order valence-electron chi connectivity index (χ1n) is 4.23. The van der Waals surface area contributed by atoms with Gasteiger partial charge in [0.2, 0.25) is 6.33 Å². The van der Waals surface area contributed by atoms with Gasteiger partial charge in [0.15, 0.2) is 0 Å². The van der Waals surface area contributed by atoms with Gasteiger partial charge in [-0.15, -0.1) is 0 Å². The van der Waals surface area contributed by atoms with E-state index < -0.39 is 5.97 Å². The SMILES string of the molecule is CC(=O)[O-].COCCn1cc[n+](C)c1. The van der Waals surface area contributed by atoms with Gasteiger partial charge in [0.25, 0.3) is 0 Å². The number of carbonyl (C=O) groups excluding carboxylic acids is 1. The zero-order valence-electron chi connectivity index (χ0n) is 8.77. The van der Waals surface area contributed by atoms with Crippen LogP contribution in [-0.4, -0.2) is 24.3 Å². The van der Waals surface area contributed by atoms with E-state index in [1.807, 2.05) is 30.3 Å². The van der Waals surface area contributed by atoms with Crippen LogP contribution in [0, 0.1) is 0 Å². The molecule has 1 aromatic heterocycles. The van der Waals surface area contributed by atoms with Crippen LogP contribution >= 0.6 is 0 Å². The lowest BCUT2D eigenvalue weighted by molar-refractivity contribution is -0.671. The van der Waals surface area contributed by atoms with E-state index >= 15 is 0 Å². The average molecular weight is 200 g/mol. The number of aryl methyl sites for hydroxylation is 1. The van der Waals surface area contributed by atoms with Crippen molar-refractivity contribution in [3.05, 3.63) is 18.7 Å². The van der Waals surface area contributed by atoms with Crippen LogP contribution in [0.1, 0.15) is 6.92 Å². The van der Waals surface area contributed by atoms with Crippen molar-refractivity contribution >= 4 is 5.97 Å². The van der Waals surface area contributed by atoms with Gasteiger partial charge in [-0.2, -0.15) is 0 Å². The van der Waals surface area contributed by atoms with Crippen LogP contribution in [0.15, 0.2) is 18.7 Å². The van der Waals surface area contributed by atoms with Gasteiger partial charge in [-0.25, -0.2) is 9.13 Å². The molecule has 0 saturated carbocycles. The number of aliphatic carboxylic acids is 1.